The molecule has 0 amide bonds. The summed E-state index contributed by atoms with van der Waals surface area (Å²) in [6.07, 6.45) is 1.52. The molecule has 4 atom stereocenters. The van der Waals surface area contributed by atoms with Gasteiger partial charge < -0.3 is 28.8 Å². The summed E-state index contributed by atoms with van der Waals surface area (Å²) in [7, 11) is 0. The van der Waals surface area contributed by atoms with Crippen molar-refractivity contribution in [2.24, 2.45) is 0 Å². The van der Waals surface area contributed by atoms with Gasteiger partial charge in [0.25, 0.3) is 0 Å². The summed E-state index contributed by atoms with van der Waals surface area (Å²) in [5, 5.41) is 9.84. The third-order valence-electron chi connectivity index (χ3n) is 4.29. The summed E-state index contributed by atoms with van der Waals surface area (Å²) in [4.78, 5) is 12.0. The fourth-order valence-electron chi connectivity index (χ4n) is 3.00. The van der Waals surface area contributed by atoms with Crippen molar-refractivity contribution in [3.63, 3.8) is 0 Å². The van der Waals surface area contributed by atoms with E-state index in [1.54, 1.807) is 13.8 Å². The molecule has 0 saturated carbocycles. The molecule has 0 radical (unpaired) electrons. The number of fused-ring (bicyclic) bond motifs is 1. The number of unbranched alkanes of at least 4 members (excludes halogenated alkanes) is 2. The van der Waals surface area contributed by atoms with Gasteiger partial charge in [-0.25, -0.2) is 4.79 Å². The van der Waals surface area contributed by atoms with Crippen LogP contribution < -0.4 is 0 Å². The van der Waals surface area contributed by atoms with Crippen molar-refractivity contribution in [1.29, 1.82) is 0 Å². The van der Waals surface area contributed by atoms with E-state index < -0.39 is 35.9 Å². The third kappa shape index (κ3) is 4.08. The van der Waals surface area contributed by atoms with Gasteiger partial charge in [0.15, 0.2) is 12.1 Å². The zero-order valence-corrected chi connectivity index (χ0v) is 15.1. The molecule has 0 aromatic heterocycles. The summed E-state index contributed by atoms with van der Waals surface area (Å²) in [6, 6.07) is 0. The number of ether oxygens (including phenoxy) is 5. The molecule has 1 unspecified atom stereocenters. The second-order valence-corrected chi connectivity index (χ2v) is 6.83. The lowest BCUT2D eigenvalue weighted by molar-refractivity contribution is -0.254. The van der Waals surface area contributed by atoms with Crippen molar-refractivity contribution < 1.29 is 33.6 Å². The molecule has 0 aromatic carbocycles. The maximum Gasteiger partial charge on any atom is 0.341 e. The van der Waals surface area contributed by atoms with Crippen LogP contribution >= 0.6 is 0 Å². The van der Waals surface area contributed by atoms with Crippen LogP contribution in [0.2, 0.25) is 0 Å². The Bertz CT molecular complexity index is 425. The topological polar surface area (TPSA) is 83.5 Å². The van der Waals surface area contributed by atoms with Crippen molar-refractivity contribution in [2.45, 2.75) is 83.3 Å². The van der Waals surface area contributed by atoms with Crippen LogP contribution in [0.15, 0.2) is 0 Å². The first-order valence-electron chi connectivity index (χ1n) is 8.82. The van der Waals surface area contributed by atoms with Crippen LogP contribution in [0.4, 0.5) is 0 Å². The van der Waals surface area contributed by atoms with Crippen LogP contribution in [0, 0.1) is 0 Å². The molecule has 1 N–H and O–H groups in total. The van der Waals surface area contributed by atoms with Crippen LogP contribution in [0.5, 0.6) is 0 Å². The van der Waals surface area contributed by atoms with E-state index in [2.05, 4.69) is 0 Å². The number of carboxylic acid groups (broad SMARTS) is 1. The lowest BCUT2D eigenvalue weighted by Crippen LogP contribution is -2.55. The predicted molar refractivity (Wildman–Crippen MR) is 85.7 cm³/mol. The standard InChI is InChI=1S/C17H30O7/c1-5-7-9-20-11-17(15(18)19)13(21-10-8-6-2)12-14(24-17)23-16(3,4)22-12/h12-14H,5-11H2,1-4H3,(H,18,19)/t12-,13?,14-,17+/m0/s1. The third-order valence-corrected chi connectivity index (χ3v) is 4.29. The molecule has 2 heterocycles. The van der Waals surface area contributed by atoms with E-state index >= 15 is 0 Å². The van der Waals surface area contributed by atoms with Gasteiger partial charge in [0, 0.05) is 13.2 Å². The molecule has 7 heteroatoms. The molecule has 140 valence electrons. The Hall–Kier alpha value is -0.730. The van der Waals surface area contributed by atoms with Crippen LogP contribution in [-0.2, 0) is 28.5 Å². The molecule has 7 nitrogen and oxygen atoms in total. The monoisotopic (exact) mass is 346 g/mol. The molecule has 2 aliphatic rings. The van der Waals surface area contributed by atoms with Crippen LogP contribution in [0.1, 0.15) is 53.4 Å². The smallest absolute Gasteiger partial charge is 0.341 e. The first kappa shape index (κ1) is 19.6. The molecule has 0 aromatic rings. The van der Waals surface area contributed by atoms with E-state index in [0.29, 0.717) is 13.2 Å². The fourth-order valence-corrected chi connectivity index (χ4v) is 3.00. The van der Waals surface area contributed by atoms with E-state index in [0.717, 1.165) is 25.7 Å². The summed E-state index contributed by atoms with van der Waals surface area (Å²) >= 11 is 0. The van der Waals surface area contributed by atoms with Crippen LogP contribution in [-0.4, -0.2) is 60.8 Å². The maximum atomic E-state index is 12.0. The Labute approximate surface area is 143 Å². The average molecular weight is 346 g/mol. The van der Waals surface area contributed by atoms with Gasteiger partial charge in [-0.2, -0.15) is 0 Å². The second kappa shape index (κ2) is 8.10. The van der Waals surface area contributed by atoms with Gasteiger partial charge in [0.1, 0.15) is 12.2 Å². The highest BCUT2D eigenvalue weighted by Crippen LogP contribution is 2.44. The van der Waals surface area contributed by atoms with Crippen LogP contribution in [0.25, 0.3) is 0 Å². The summed E-state index contributed by atoms with van der Waals surface area (Å²) in [5.74, 6) is -1.94. The van der Waals surface area contributed by atoms with Gasteiger partial charge in [-0.05, 0) is 26.7 Å². The van der Waals surface area contributed by atoms with Crippen molar-refractivity contribution in [3.05, 3.63) is 0 Å². The quantitative estimate of drug-likeness (QED) is 0.608. The van der Waals surface area contributed by atoms with Gasteiger partial charge in [-0.15, -0.1) is 0 Å². The average Bonchev–Trinajstić information content (AvgIpc) is 2.94. The number of hydrogen-bond donors (Lipinski definition) is 1. The van der Waals surface area contributed by atoms with Gasteiger partial charge >= 0.3 is 5.97 Å². The number of hydrogen-bond acceptors (Lipinski definition) is 6. The molecule has 0 bridgehead atoms. The highest BCUT2D eigenvalue weighted by Gasteiger charge is 2.66. The van der Waals surface area contributed by atoms with Crippen molar-refractivity contribution >= 4 is 5.97 Å². The molecular formula is C17H30O7. The minimum Gasteiger partial charge on any atom is -0.479 e. The number of aliphatic carboxylic acids is 1. The van der Waals surface area contributed by atoms with E-state index in [9.17, 15) is 9.90 Å². The van der Waals surface area contributed by atoms with E-state index in [1.165, 1.54) is 0 Å². The maximum absolute atomic E-state index is 12.0. The lowest BCUT2D eigenvalue weighted by atomic mass is 9.96. The lowest BCUT2D eigenvalue weighted by Gasteiger charge is -2.33. The molecule has 2 saturated heterocycles. The van der Waals surface area contributed by atoms with Gasteiger partial charge in [0.2, 0.25) is 5.60 Å². The molecular weight excluding hydrogens is 316 g/mol. The van der Waals surface area contributed by atoms with Gasteiger partial charge in [0.05, 0.1) is 6.61 Å². The number of carboxylic acids is 1. The predicted octanol–water partition coefficient (Wildman–Crippen LogP) is 2.32. The molecule has 2 rings (SSSR count). The minimum absolute atomic E-state index is 0.0841. The Balaban J connectivity index is 2.15. The first-order valence-corrected chi connectivity index (χ1v) is 8.82. The zero-order chi connectivity index (χ0) is 17.8. The van der Waals surface area contributed by atoms with Crippen molar-refractivity contribution in [2.75, 3.05) is 19.8 Å². The zero-order valence-electron chi connectivity index (χ0n) is 15.1. The van der Waals surface area contributed by atoms with Gasteiger partial charge in [-0.3, -0.25) is 0 Å². The second-order valence-electron chi connectivity index (χ2n) is 6.83. The van der Waals surface area contributed by atoms with Crippen LogP contribution in [0.3, 0.4) is 0 Å². The minimum atomic E-state index is -1.60. The highest BCUT2D eigenvalue weighted by atomic mass is 16.8. The number of rotatable bonds is 10. The summed E-state index contributed by atoms with van der Waals surface area (Å²) in [6.45, 7) is 8.50. The normalized spacial score (nSPS) is 34.4. The molecule has 0 spiro atoms. The molecule has 0 aliphatic carbocycles. The largest absolute Gasteiger partial charge is 0.479 e. The van der Waals surface area contributed by atoms with E-state index in [1.807, 2.05) is 13.8 Å². The molecule has 2 aliphatic heterocycles. The Kier molecular flexibility index (Phi) is 6.61. The highest BCUT2D eigenvalue weighted by molar-refractivity contribution is 5.79. The fraction of sp³-hybridized carbons (Fsp3) is 0.941. The van der Waals surface area contributed by atoms with Gasteiger partial charge in [-0.1, -0.05) is 26.7 Å². The van der Waals surface area contributed by atoms with Crippen molar-refractivity contribution in [1.82, 2.24) is 0 Å². The summed E-state index contributed by atoms with van der Waals surface area (Å²) < 4.78 is 28.8. The van der Waals surface area contributed by atoms with Crippen molar-refractivity contribution in [3.8, 4) is 0 Å². The first-order chi connectivity index (χ1) is 11.4. The Morgan fingerprint density at radius 2 is 1.75 bits per heavy atom. The van der Waals surface area contributed by atoms with E-state index in [-0.39, 0.29) is 6.61 Å². The molecule has 24 heavy (non-hydrogen) atoms. The molecule has 2 fully saturated rings. The van der Waals surface area contributed by atoms with E-state index in [4.69, 9.17) is 23.7 Å². The Morgan fingerprint density at radius 1 is 1.08 bits per heavy atom. The SMILES string of the molecule is CCCCOC[C@@]1(C(=O)O)O[C@@H]2OC(C)(C)O[C@H]2C1OCCCC. The summed E-state index contributed by atoms with van der Waals surface area (Å²) in [5.41, 5.74) is -1.60. The number of carbonyl (C=O) groups is 1. The Morgan fingerprint density at radius 3 is 2.38 bits per heavy atom.